The van der Waals surface area contributed by atoms with Crippen molar-refractivity contribution in [3.63, 3.8) is 0 Å². The molecule has 0 unspecified atom stereocenters. The Hall–Kier alpha value is -2.89. The van der Waals surface area contributed by atoms with Gasteiger partial charge in [0.25, 0.3) is 5.56 Å². The van der Waals surface area contributed by atoms with E-state index in [1.165, 1.54) is 10.9 Å². The molecule has 0 aliphatic carbocycles. The molecule has 0 atom stereocenters. The van der Waals surface area contributed by atoms with Gasteiger partial charge < -0.3 is 10.3 Å². The third kappa shape index (κ3) is 2.90. The number of benzene rings is 1. The molecule has 0 aliphatic heterocycles. The maximum atomic E-state index is 12.3. The lowest BCUT2D eigenvalue weighted by molar-refractivity contribution is -0.121. The number of aryl methyl sites for hydroxylation is 1. The van der Waals surface area contributed by atoms with Gasteiger partial charge in [0.2, 0.25) is 5.91 Å². The Morgan fingerprint density at radius 2 is 2.09 bits per heavy atom. The van der Waals surface area contributed by atoms with Crippen molar-refractivity contribution in [3.05, 3.63) is 64.3 Å². The van der Waals surface area contributed by atoms with Crippen LogP contribution >= 0.6 is 0 Å². The molecule has 1 amide bonds. The number of rotatable bonds is 4. The largest absolute Gasteiger partial charge is 0.350 e. The first-order chi connectivity index (χ1) is 10.6. The summed E-state index contributed by atoms with van der Waals surface area (Å²) >= 11 is 0. The van der Waals surface area contributed by atoms with Crippen LogP contribution in [0.25, 0.3) is 11.0 Å². The van der Waals surface area contributed by atoms with Crippen molar-refractivity contribution in [1.82, 2.24) is 19.9 Å². The average Bonchev–Trinajstić information content (AvgIpc) is 2.91. The highest BCUT2D eigenvalue weighted by atomic mass is 16.2. The standard InChI is InChI=1S/C16H16N4O2/c1-11-7-13-15(19-11)18-10-20(16(13)22)9-14(21)17-8-12-5-3-2-4-6-12/h2-7,10,19H,8-9H2,1H3,(H,17,21). The topological polar surface area (TPSA) is 79.8 Å². The average molecular weight is 296 g/mol. The highest BCUT2D eigenvalue weighted by Gasteiger charge is 2.09. The summed E-state index contributed by atoms with van der Waals surface area (Å²) < 4.78 is 1.32. The van der Waals surface area contributed by atoms with Gasteiger partial charge in [0.15, 0.2) is 0 Å². The molecule has 0 saturated heterocycles. The highest BCUT2D eigenvalue weighted by molar-refractivity contribution is 5.77. The number of aromatic nitrogens is 3. The smallest absolute Gasteiger partial charge is 0.263 e. The summed E-state index contributed by atoms with van der Waals surface area (Å²) in [6.45, 7) is 2.25. The number of hydrogen-bond donors (Lipinski definition) is 2. The molecular formula is C16H16N4O2. The fourth-order valence-corrected chi connectivity index (χ4v) is 2.29. The van der Waals surface area contributed by atoms with E-state index in [4.69, 9.17) is 0 Å². The molecule has 3 rings (SSSR count). The molecule has 3 aromatic rings. The van der Waals surface area contributed by atoms with Gasteiger partial charge in [-0.1, -0.05) is 30.3 Å². The van der Waals surface area contributed by atoms with Gasteiger partial charge >= 0.3 is 0 Å². The van der Waals surface area contributed by atoms with E-state index in [0.717, 1.165) is 11.3 Å². The number of aromatic amines is 1. The zero-order valence-electron chi connectivity index (χ0n) is 12.2. The molecule has 0 saturated carbocycles. The van der Waals surface area contributed by atoms with Crippen LogP contribution in [-0.2, 0) is 17.9 Å². The van der Waals surface area contributed by atoms with Crippen LogP contribution < -0.4 is 10.9 Å². The SMILES string of the molecule is Cc1cc2c(=O)n(CC(=O)NCc3ccccc3)cnc2[nH]1. The predicted molar refractivity (Wildman–Crippen MR) is 83.4 cm³/mol. The van der Waals surface area contributed by atoms with Gasteiger partial charge in [0, 0.05) is 12.2 Å². The van der Waals surface area contributed by atoms with E-state index >= 15 is 0 Å². The zero-order valence-corrected chi connectivity index (χ0v) is 12.2. The lowest BCUT2D eigenvalue weighted by atomic mass is 10.2. The predicted octanol–water partition coefficient (Wildman–Crippen LogP) is 1.35. The summed E-state index contributed by atoms with van der Waals surface area (Å²) in [5.74, 6) is -0.223. The first-order valence-corrected chi connectivity index (χ1v) is 6.99. The van der Waals surface area contributed by atoms with Crippen LogP contribution in [-0.4, -0.2) is 20.4 Å². The van der Waals surface area contributed by atoms with E-state index < -0.39 is 0 Å². The summed E-state index contributed by atoms with van der Waals surface area (Å²) in [6, 6.07) is 11.4. The first kappa shape index (κ1) is 14.1. The summed E-state index contributed by atoms with van der Waals surface area (Å²) in [5, 5.41) is 3.29. The number of hydrogen-bond acceptors (Lipinski definition) is 3. The molecule has 112 valence electrons. The van der Waals surface area contributed by atoms with Crippen LogP contribution in [0, 0.1) is 6.92 Å². The van der Waals surface area contributed by atoms with E-state index in [1.807, 2.05) is 37.3 Å². The van der Waals surface area contributed by atoms with Crippen LogP contribution in [0.1, 0.15) is 11.3 Å². The van der Waals surface area contributed by atoms with Crippen LogP contribution in [0.4, 0.5) is 0 Å². The minimum absolute atomic E-state index is 0.0428. The Morgan fingerprint density at radius 1 is 1.32 bits per heavy atom. The maximum Gasteiger partial charge on any atom is 0.263 e. The lowest BCUT2D eigenvalue weighted by Gasteiger charge is -2.07. The van der Waals surface area contributed by atoms with Crippen molar-refractivity contribution >= 4 is 16.9 Å². The van der Waals surface area contributed by atoms with Gasteiger partial charge in [0.05, 0.1) is 5.39 Å². The molecule has 0 spiro atoms. The number of carbonyl (C=O) groups is 1. The second kappa shape index (κ2) is 5.85. The summed E-state index contributed by atoms with van der Waals surface area (Å²) in [7, 11) is 0. The Kier molecular flexibility index (Phi) is 3.74. The van der Waals surface area contributed by atoms with Crippen LogP contribution in [0.2, 0.25) is 0 Å². The van der Waals surface area contributed by atoms with Gasteiger partial charge in [-0.25, -0.2) is 4.98 Å². The van der Waals surface area contributed by atoms with Crippen LogP contribution in [0.5, 0.6) is 0 Å². The Balaban J connectivity index is 1.71. The first-order valence-electron chi connectivity index (χ1n) is 6.99. The van der Waals surface area contributed by atoms with Gasteiger partial charge in [-0.15, -0.1) is 0 Å². The molecule has 2 N–H and O–H groups in total. The van der Waals surface area contributed by atoms with Gasteiger partial charge in [-0.2, -0.15) is 0 Å². The molecule has 2 heterocycles. The molecule has 6 nitrogen and oxygen atoms in total. The molecule has 1 aromatic carbocycles. The maximum absolute atomic E-state index is 12.3. The van der Waals surface area contributed by atoms with Crippen molar-refractivity contribution in [1.29, 1.82) is 0 Å². The normalized spacial score (nSPS) is 10.8. The van der Waals surface area contributed by atoms with Crippen molar-refractivity contribution in [2.45, 2.75) is 20.0 Å². The summed E-state index contributed by atoms with van der Waals surface area (Å²) in [4.78, 5) is 31.4. The molecule has 22 heavy (non-hydrogen) atoms. The number of carbonyl (C=O) groups excluding carboxylic acids is 1. The summed E-state index contributed by atoms with van der Waals surface area (Å²) in [6.07, 6.45) is 1.39. The molecule has 0 bridgehead atoms. The second-order valence-corrected chi connectivity index (χ2v) is 5.15. The molecule has 0 radical (unpaired) electrons. The molecule has 0 aliphatic rings. The number of amides is 1. The fraction of sp³-hybridized carbons (Fsp3) is 0.188. The van der Waals surface area contributed by atoms with Crippen molar-refractivity contribution in [2.24, 2.45) is 0 Å². The van der Waals surface area contributed by atoms with E-state index in [1.54, 1.807) is 6.07 Å². The molecule has 2 aromatic heterocycles. The monoisotopic (exact) mass is 296 g/mol. The molecule has 0 fully saturated rings. The summed E-state index contributed by atoms with van der Waals surface area (Å²) in [5.41, 5.74) is 2.21. The van der Waals surface area contributed by atoms with Gasteiger partial charge in [-0.05, 0) is 18.6 Å². The van der Waals surface area contributed by atoms with Gasteiger partial charge in [-0.3, -0.25) is 14.2 Å². The van der Waals surface area contributed by atoms with Crippen molar-refractivity contribution in [2.75, 3.05) is 0 Å². The second-order valence-electron chi connectivity index (χ2n) is 5.15. The Morgan fingerprint density at radius 3 is 2.86 bits per heavy atom. The molecular weight excluding hydrogens is 280 g/mol. The molecule has 6 heteroatoms. The highest BCUT2D eigenvalue weighted by Crippen LogP contribution is 2.06. The lowest BCUT2D eigenvalue weighted by Crippen LogP contribution is -2.32. The quantitative estimate of drug-likeness (QED) is 0.762. The Labute approximate surface area is 126 Å². The van der Waals surface area contributed by atoms with Crippen LogP contribution in [0.3, 0.4) is 0 Å². The minimum atomic E-state index is -0.223. The van der Waals surface area contributed by atoms with E-state index in [0.29, 0.717) is 17.6 Å². The number of nitrogens with zero attached hydrogens (tertiary/aromatic N) is 2. The van der Waals surface area contributed by atoms with E-state index in [2.05, 4.69) is 15.3 Å². The minimum Gasteiger partial charge on any atom is -0.350 e. The van der Waals surface area contributed by atoms with Crippen LogP contribution in [0.15, 0.2) is 47.5 Å². The van der Waals surface area contributed by atoms with E-state index in [9.17, 15) is 9.59 Å². The van der Waals surface area contributed by atoms with Crippen molar-refractivity contribution in [3.8, 4) is 0 Å². The van der Waals surface area contributed by atoms with Crippen molar-refractivity contribution < 1.29 is 4.79 Å². The number of fused-ring (bicyclic) bond motifs is 1. The number of H-pyrrole nitrogens is 1. The third-order valence-electron chi connectivity index (χ3n) is 3.40. The fourth-order valence-electron chi connectivity index (χ4n) is 2.29. The van der Waals surface area contributed by atoms with Gasteiger partial charge in [0.1, 0.15) is 18.5 Å². The zero-order chi connectivity index (χ0) is 15.5. The van der Waals surface area contributed by atoms with E-state index in [-0.39, 0.29) is 18.0 Å². The third-order valence-corrected chi connectivity index (χ3v) is 3.40. The Bertz CT molecular complexity index is 865. The number of nitrogens with one attached hydrogen (secondary N) is 2.